The second-order valence-corrected chi connectivity index (χ2v) is 3.34. The molecule has 0 N–H and O–H groups in total. The molecule has 1 rings (SSSR count). The Balaban J connectivity index is 0.000000490. The normalized spacial score (nSPS) is 19.6. The molecule has 0 heterocycles. The van der Waals surface area contributed by atoms with Gasteiger partial charge in [0, 0.05) is 5.25 Å². The smallest absolute Gasteiger partial charge is 0.748 e. The van der Waals surface area contributed by atoms with Crippen molar-refractivity contribution in [3.8, 4) is 0 Å². The van der Waals surface area contributed by atoms with E-state index in [0.29, 0.717) is 12.8 Å². The molecule has 0 aromatic rings. The fourth-order valence-corrected chi connectivity index (χ4v) is 1.07. The van der Waals surface area contributed by atoms with Crippen LogP contribution in [0.3, 0.4) is 0 Å². The van der Waals surface area contributed by atoms with Gasteiger partial charge >= 0.3 is 29.6 Å². The van der Waals surface area contributed by atoms with Crippen molar-refractivity contribution in [1.82, 2.24) is 0 Å². The SMILES string of the molecule is O=S(=O)([O-])C1CC1.[Na+]. The van der Waals surface area contributed by atoms with Gasteiger partial charge in [-0.05, 0) is 12.8 Å². The molecule has 0 aliphatic heterocycles. The fourth-order valence-electron chi connectivity index (χ4n) is 0.357. The minimum atomic E-state index is -3.88. The summed E-state index contributed by atoms with van der Waals surface area (Å²) in [7, 11) is -3.88. The molecule has 0 spiro atoms. The van der Waals surface area contributed by atoms with Crippen LogP contribution in [0, 0.1) is 0 Å². The summed E-state index contributed by atoms with van der Waals surface area (Å²) in [5.74, 6) is 0. The monoisotopic (exact) mass is 144 g/mol. The third-order valence-electron chi connectivity index (χ3n) is 0.933. The maximum atomic E-state index is 9.84. The van der Waals surface area contributed by atoms with Gasteiger partial charge in [-0.15, -0.1) is 0 Å². The minimum absolute atomic E-state index is 0. The number of hydrogen-bond donors (Lipinski definition) is 0. The zero-order chi connectivity index (χ0) is 5.49. The first kappa shape index (κ1) is 8.91. The summed E-state index contributed by atoms with van der Waals surface area (Å²) in [6.45, 7) is 0. The van der Waals surface area contributed by atoms with Gasteiger partial charge < -0.3 is 4.55 Å². The minimum Gasteiger partial charge on any atom is -0.748 e. The Hall–Kier alpha value is 0.910. The Morgan fingerprint density at radius 3 is 1.75 bits per heavy atom. The molecule has 5 heteroatoms. The van der Waals surface area contributed by atoms with Crippen molar-refractivity contribution < 1.29 is 42.5 Å². The van der Waals surface area contributed by atoms with E-state index in [0.717, 1.165) is 0 Å². The van der Waals surface area contributed by atoms with Crippen molar-refractivity contribution in [2.75, 3.05) is 0 Å². The Bertz CT molecular complexity index is 157. The van der Waals surface area contributed by atoms with E-state index in [1.807, 2.05) is 0 Å². The molecule has 8 heavy (non-hydrogen) atoms. The standard InChI is InChI=1S/C3H6O3S.Na/c4-7(5,6)3-1-2-3;/h3H,1-2H2,(H,4,5,6);/q;+1/p-1. The van der Waals surface area contributed by atoms with Crippen molar-refractivity contribution in [3.05, 3.63) is 0 Å². The summed E-state index contributed by atoms with van der Waals surface area (Å²) < 4.78 is 29.5. The molecule has 3 nitrogen and oxygen atoms in total. The maximum absolute atomic E-state index is 9.84. The molecule has 0 saturated heterocycles. The zero-order valence-electron chi connectivity index (χ0n) is 4.62. The van der Waals surface area contributed by atoms with Gasteiger partial charge in [-0.3, -0.25) is 0 Å². The molecule has 0 aromatic heterocycles. The second-order valence-electron chi connectivity index (χ2n) is 1.69. The van der Waals surface area contributed by atoms with Crippen molar-refractivity contribution >= 4 is 10.1 Å². The van der Waals surface area contributed by atoms with Crippen LogP contribution in [-0.2, 0) is 10.1 Å². The molecule has 0 bridgehead atoms. The van der Waals surface area contributed by atoms with Crippen LogP contribution in [0.15, 0.2) is 0 Å². The van der Waals surface area contributed by atoms with E-state index in [2.05, 4.69) is 0 Å². The Morgan fingerprint density at radius 1 is 1.38 bits per heavy atom. The molecule has 0 amide bonds. The summed E-state index contributed by atoms with van der Waals surface area (Å²) in [5.41, 5.74) is 0. The number of hydrogen-bond acceptors (Lipinski definition) is 3. The van der Waals surface area contributed by atoms with Crippen LogP contribution in [0.4, 0.5) is 0 Å². The molecule has 0 radical (unpaired) electrons. The largest absolute Gasteiger partial charge is 1.00 e. The quantitative estimate of drug-likeness (QED) is 0.286. The van der Waals surface area contributed by atoms with Gasteiger partial charge in [0.05, 0.1) is 10.1 Å². The molecule has 1 saturated carbocycles. The summed E-state index contributed by atoms with van der Waals surface area (Å²) >= 11 is 0. The predicted molar refractivity (Wildman–Crippen MR) is 22.7 cm³/mol. The van der Waals surface area contributed by atoms with E-state index in [-0.39, 0.29) is 29.6 Å². The van der Waals surface area contributed by atoms with Crippen LogP contribution in [0.2, 0.25) is 0 Å². The van der Waals surface area contributed by atoms with Crippen molar-refractivity contribution in [2.24, 2.45) is 0 Å². The molecule has 1 aliphatic carbocycles. The Labute approximate surface area is 70.5 Å². The summed E-state index contributed by atoms with van der Waals surface area (Å²) in [6.07, 6.45) is 1.15. The molecule has 0 atom stereocenters. The van der Waals surface area contributed by atoms with E-state index in [1.54, 1.807) is 0 Å². The predicted octanol–water partition coefficient (Wildman–Crippen LogP) is -3.30. The van der Waals surface area contributed by atoms with Crippen molar-refractivity contribution in [1.29, 1.82) is 0 Å². The summed E-state index contributed by atoms with van der Waals surface area (Å²) in [6, 6.07) is 0. The molecule has 1 aliphatic rings. The molecule has 0 unspecified atom stereocenters. The van der Waals surface area contributed by atoms with Crippen molar-refractivity contribution in [3.63, 3.8) is 0 Å². The first-order valence-electron chi connectivity index (χ1n) is 2.05. The zero-order valence-corrected chi connectivity index (χ0v) is 7.44. The molecule has 42 valence electrons. The first-order chi connectivity index (χ1) is 3.11. The van der Waals surface area contributed by atoms with Crippen LogP contribution in [0.5, 0.6) is 0 Å². The van der Waals surface area contributed by atoms with Crippen molar-refractivity contribution in [2.45, 2.75) is 18.1 Å². The third kappa shape index (κ3) is 2.46. The van der Waals surface area contributed by atoms with Gasteiger partial charge in [-0.2, -0.15) is 0 Å². The topological polar surface area (TPSA) is 57.2 Å². The van der Waals surface area contributed by atoms with Crippen LogP contribution < -0.4 is 29.6 Å². The van der Waals surface area contributed by atoms with Gasteiger partial charge in [0.15, 0.2) is 0 Å². The molecular formula is C3H5NaO3S. The van der Waals surface area contributed by atoms with Gasteiger partial charge in [-0.1, -0.05) is 0 Å². The van der Waals surface area contributed by atoms with E-state index >= 15 is 0 Å². The second kappa shape index (κ2) is 2.66. The van der Waals surface area contributed by atoms with Gasteiger partial charge in [-0.25, -0.2) is 8.42 Å². The van der Waals surface area contributed by atoms with Crippen LogP contribution in [0.25, 0.3) is 0 Å². The van der Waals surface area contributed by atoms with E-state index < -0.39 is 15.4 Å². The van der Waals surface area contributed by atoms with E-state index in [1.165, 1.54) is 0 Å². The van der Waals surface area contributed by atoms with Gasteiger partial charge in [0.25, 0.3) is 0 Å². The van der Waals surface area contributed by atoms with Gasteiger partial charge in [0.1, 0.15) is 0 Å². The third-order valence-corrected chi connectivity index (χ3v) is 2.22. The average molecular weight is 144 g/mol. The number of rotatable bonds is 1. The first-order valence-corrected chi connectivity index (χ1v) is 3.52. The summed E-state index contributed by atoms with van der Waals surface area (Å²) in [4.78, 5) is 0. The van der Waals surface area contributed by atoms with Crippen LogP contribution >= 0.6 is 0 Å². The van der Waals surface area contributed by atoms with Crippen LogP contribution in [0.1, 0.15) is 12.8 Å². The maximum Gasteiger partial charge on any atom is 1.00 e. The average Bonchev–Trinajstić information content (AvgIpc) is 1.99. The van der Waals surface area contributed by atoms with E-state index in [4.69, 9.17) is 0 Å². The molecule has 0 aromatic carbocycles. The Morgan fingerprint density at radius 2 is 1.75 bits per heavy atom. The Kier molecular flexibility index (Phi) is 2.97. The van der Waals surface area contributed by atoms with Crippen LogP contribution in [-0.4, -0.2) is 18.2 Å². The molecular weight excluding hydrogens is 139 g/mol. The van der Waals surface area contributed by atoms with Gasteiger partial charge in [0.2, 0.25) is 0 Å². The van der Waals surface area contributed by atoms with E-state index in [9.17, 15) is 13.0 Å². The summed E-state index contributed by atoms with van der Waals surface area (Å²) in [5, 5.41) is -0.535. The molecule has 1 fully saturated rings. The fraction of sp³-hybridized carbons (Fsp3) is 1.00.